The Balaban J connectivity index is 1.63. The van der Waals surface area contributed by atoms with Gasteiger partial charge in [0.25, 0.3) is 0 Å². The van der Waals surface area contributed by atoms with E-state index in [1.165, 1.54) is 0 Å². The summed E-state index contributed by atoms with van der Waals surface area (Å²) in [7, 11) is 1.60. The molecule has 0 radical (unpaired) electrons. The number of methoxy groups -OCH3 is 1. The minimum absolute atomic E-state index is 0.0806. The number of likely N-dealkylation sites (tertiary alicyclic amines) is 1. The van der Waals surface area contributed by atoms with Crippen LogP contribution in [-0.4, -0.2) is 42.2 Å². The van der Waals surface area contributed by atoms with Crippen LogP contribution in [0.15, 0.2) is 24.3 Å². The lowest BCUT2D eigenvalue weighted by Gasteiger charge is -2.23. The molecule has 0 unspecified atom stereocenters. The molecule has 124 valence electrons. The van der Waals surface area contributed by atoms with Gasteiger partial charge in [-0.2, -0.15) is 0 Å². The van der Waals surface area contributed by atoms with Crippen molar-refractivity contribution in [1.29, 1.82) is 0 Å². The second-order valence-electron chi connectivity index (χ2n) is 6.40. The number of para-hydroxylation sites is 1. The van der Waals surface area contributed by atoms with Gasteiger partial charge in [0.15, 0.2) is 0 Å². The van der Waals surface area contributed by atoms with E-state index in [1.54, 1.807) is 12.0 Å². The van der Waals surface area contributed by atoms with Gasteiger partial charge in [-0.25, -0.2) is 4.79 Å². The number of urea groups is 1. The highest BCUT2D eigenvalue weighted by molar-refractivity contribution is 5.80. The largest absolute Gasteiger partial charge is 0.496 e. The summed E-state index contributed by atoms with van der Waals surface area (Å²) in [4.78, 5) is 25.7. The third-order valence-corrected chi connectivity index (χ3v) is 5.21. The second kappa shape index (κ2) is 6.10. The highest BCUT2D eigenvalue weighted by atomic mass is 16.5. The van der Waals surface area contributed by atoms with Crippen molar-refractivity contribution in [1.82, 2.24) is 10.2 Å². The predicted octanol–water partition coefficient (Wildman–Crippen LogP) is 2.09. The highest BCUT2D eigenvalue weighted by Gasteiger charge is 2.55. The van der Waals surface area contributed by atoms with Gasteiger partial charge in [-0.3, -0.25) is 4.79 Å². The molecule has 1 heterocycles. The van der Waals surface area contributed by atoms with E-state index in [-0.39, 0.29) is 11.9 Å². The molecule has 1 saturated heterocycles. The zero-order valence-corrected chi connectivity index (χ0v) is 13.2. The summed E-state index contributed by atoms with van der Waals surface area (Å²) in [6.45, 7) is 1.21. The number of carbonyl (C=O) groups excluding carboxylic acids is 1. The van der Waals surface area contributed by atoms with Gasteiger partial charge in [0, 0.05) is 25.2 Å². The molecule has 6 nitrogen and oxygen atoms in total. The molecule has 2 N–H and O–H groups in total. The zero-order valence-electron chi connectivity index (χ0n) is 13.2. The van der Waals surface area contributed by atoms with E-state index < -0.39 is 11.4 Å². The Kier molecular flexibility index (Phi) is 4.15. The summed E-state index contributed by atoms with van der Waals surface area (Å²) >= 11 is 0. The van der Waals surface area contributed by atoms with Crippen molar-refractivity contribution < 1.29 is 19.4 Å². The van der Waals surface area contributed by atoms with Crippen molar-refractivity contribution in [2.75, 3.05) is 20.2 Å². The van der Waals surface area contributed by atoms with Crippen LogP contribution in [0.4, 0.5) is 4.79 Å². The minimum atomic E-state index is -0.764. The maximum absolute atomic E-state index is 12.4. The van der Waals surface area contributed by atoms with Crippen molar-refractivity contribution in [2.24, 2.45) is 11.3 Å². The number of carboxylic acid groups (broad SMARTS) is 1. The molecule has 2 atom stereocenters. The van der Waals surface area contributed by atoms with Crippen molar-refractivity contribution in [3.63, 3.8) is 0 Å². The molecule has 1 aromatic rings. The molecule has 0 bridgehead atoms. The Morgan fingerprint density at radius 3 is 2.91 bits per heavy atom. The fourth-order valence-corrected chi connectivity index (χ4v) is 3.93. The van der Waals surface area contributed by atoms with E-state index in [0.29, 0.717) is 26.1 Å². The number of aliphatic carboxylic acids is 1. The quantitative estimate of drug-likeness (QED) is 0.891. The van der Waals surface area contributed by atoms with E-state index in [2.05, 4.69) is 5.32 Å². The zero-order chi connectivity index (χ0) is 16.4. The third kappa shape index (κ3) is 2.73. The molecule has 0 spiro atoms. The number of hydrogen-bond donors (Lipinski definition) is 2. The van der Waals surface area contributed by atoms with Crippen LogP contribution in [0.5, 0.6) is 5.75 Å². The van der Waals surface area contributed by atoms with Crippen molar-refractivity contribution in [3.8, 4) is 5.75 Å². The first-order chi connectivity index (χ1) is 11.1. The van der Waals surface area contributed by atoms with Crippen molar-refractivity contribution in [3.05, 3.63) is 29.8 Å². The monoisotopic (exact) mass is 318 g/mol. The Morgan fingerprint density at radius 2 is 2.22 bits per heavy atom. The molecule has 23 heavy (non-hydrogen) atoms. The van der Waals surface area contributed by atoms with Gasteiger partial charge in [-0.1, -0.05) is 24.6 Å². The molecule has 1 aliphatic heterocycles. The van der Waals surface area contributed by atoms with E-state index in [0.717, 1.165) is 24.2 Å². The minimum Gasteiger partial charge on any atom is -0.496 e. The summed E-state index contributed by atoms with van der Waals surface area (Å²) in [5.41, 5.74) is 0.164. The maximum Gasteiger partial charge on any atom is 0.317 e. The normalized spacial score (nSPS) is 26.0. The maximum atomic E-state index is 12.4. The number of carboxylic acids is 1. The average Bonchev–Trinajstić information content (AvgIpc) is 3.11. The summed E-state index contributed by atoms with van der Waals surface area (Å²) in [5, 5.41) is 12.5. The standard InChI is InChI=1S/C17H22N2O4/c1-23-14-7-3-2-5-12(14)9-18-16(22)19-10-13-6-4-8-17(13,11-19)15(20)21/h2-3,5,7,13H,4,6,8-11H2,1H3,(H,18,22)(H,20,21)/t13-,17+/m0/s1. The first kappa shape index (κ1) is 15.6. The fourth-order valence-electron chi connectivity index (χ4n) is 3.93. The SMILES string of the molecule is COc1ccccc1CNC(=O)N1C[C@@H]2CCC[C@@]2(C(=O)O)C1. The Bertz CT molecular complexity index is 618. The van der Waals surface area contributed by atoms with E-state index >= 15 is 0 Å². The van der Waals surface area contributed by atoms with Gasteiger partial charge in [0.05, 0.1) is 12.5 Å². The number of rotatable bonds is 4. The molecule has 2 fully saturated rings. The molecule has 1 saturated carbocycles. The number of amides is 2. The van der Waals surface area contributed by atoms with Gasteiger partial charge < -0.3 is 20.1 Å². The van der Waals surface area contributed by atoms with Gasteiger partial charge in [-0.05, 0) is 24.8 Å². The molecule has 3 rings (SSSR count). The number of nitrogens with one attached hydrogen (secondary N) is 1. The molecule has 2 amide bonds. The first-order valence-corrected chi connectivity index (χ1v) is 7.95. The average molecular weight is 318 g/mol. The van der Waals surface area contributed by atoms with Crippen LogP contribution >= 0.6 is 0 Å². The molecule has 2 aliphatic rings. The Morgan fingerprint density at radius 1 is 1.43 bits per heavy atom. The first-order valence-electron chi connectivity index (χ1n) is 7.95. The van der Waals surface area contributed by atoms with E-state index in [1.807, 2.05) is 24.3 Å². The predicted molar refractivity (Wildman–Crippen MR) is 84.2 cm³/mol. The van der Waals surface area contributed by atoms with Crippen LogP contribution in [0.2, 0.25) is 0 Å². The van der Waals surface area contributed by atoms with Gasteiger partial charge >= 0.3 is 12.0 Å². The molecule has 1 aromatic carbocycles. The molecule has 6 heteroatoms. The van der Waals surface area contributed by atoms with Crippen LogP contribution in [0.25, 0.3) is 0 Å². The number of carbonyl (C=O) groups is 2. The molecular weight excluding hydrogens is 296 g/mol. The van der Waals surface area contributed by atoms with Crippen molar-refractivity contribution in [2.45, 2.75) is 25.8 Å². The number of ether oxygens (including phenoxy) is 1. The summed E-state index contributed by atoms with van der Waals surface area (Å²) < 4.78 is 5.27. The third-order valence-electron chi connectivity index (χ3n) is 5.21. The van der Waals surface area contributed by atoms with E-state index in [9.17, 15) is 14.7 Å². The topological polar surface area (TPSA) is 78.9 Å². The lowest BCUT2D eigenvalue weighted by atomic mass is 9.81. The van der Waals surface area contributed by atoms with E-state index in [4.69, 9.17) is 4.74 Å². The Hall–Kier alpha value is -2.24. The lowest BCUT2D eigenvalue weighted by molar-refractivity contribution is -0.149. The van der Waals surface area contributed by atoms with Crippen molar-refractivity contribution >= 4 is 12.0 Å². The summed E-state index contributed by atoms with van der Waals surface area (Å²) in [6, 6.07) is 7.31. The molecule has 0 aromatic heterocycles. The second-order valence-corrected chi connectivity index (χ2v) is 6.40. The number of benzene rings is 1. The number of nitrogens with zero attached hydrogens (tertiary/aromatic N) is 1. The van der Waals surface area contributed by atoms with Crippen LogP contribution in [0, 0.1) is 11.3 Å². The fraction of sp³-hybridized carbons (Fsp3) is 0.529. The van der Waals surface area contributed by atoms with Gasteiger partial charge in [0.1, 0.15) is 5.75 Å². The molecular formula is C17H22N2O4. The van der Waals surface area contributed by atoms with Gasteiger partial charge in [0.2, 0.25) is 0 Å². The highest BCUT2D eigenvalue weighted by Crippen LogP contribution is 2.48. The summed E-state index contributed by atoms with van der Waals surface area (Å²) in [6.07, 6.45) is 2.50. The van der Waals surface area contributed by atoms with Crippen LogP contribution in [0.3, 0.4) is 0 Å². The smallest absolute Gasteiger partial charge is 0.317 e. The van der Waals surface area contributed by atoms with Gasteiger partial charge in [-0.15, -0.1) is 0 Å². The molecule has 1 aliphatic carbocycles. The summed E-state index contributed by atoms with van der Waals surface area (Å²) in [5.74, 6) is 0.0464. The number of fused-ring (bicyclic) bond motifs is 1. The van der Waals surface area contributed by atoms with Crippen LogP contribution in [-0.2, 0) is 11.3 Å². The Labute approximate surface area is 135 Å². The number of hydrogen-bond acceptors (Lipinski definition) is 3. The lowest BCUT2D eigenvalue weighted by Crippen LogP contribution is -2.41. The van der Waals surface area contributed by atoms with Crippen LogP contribution < -0.4 is 10.1 Å². The van der Waals surface area contributed by atoms with Crippen LogP contribution in [0.1, 0.15) is 24.8 Å².